The Hall–Kier alpha value is -1.09. The fourth-order valence-corrected chi connectivity index (χ4v) is 0.926. The van der Waals surface area contributed by atoms with Gasteiger partial charge in [0.25, 0.3) is 0 Å². The third-order valence-corrected chi connectivity index (χ3v) is 1.89. The van der Waals surface area contributed by atoms with Gasteiger partial charge in [-0.25, -0.2) is 4.98 Å². The van der Waals surface area contributed by atoms with Crippen LogP contribution in [0.2, 0.25) is 0 Å². The highest BCUT2D eigenvalue weighted by Crippen LogP contribution is 2.10. The highest BCUT2D eigenvalue weighted by molar-refractivity contribution is 5.15. The summed E-state index contributed by atoms with van der Waals surface area (Å²) in [7, 11) is 0. The van der Waals surface area contributed by atoms with Crippen molar-refractivity contribution in [3.8, 4) is 5.88 Å². The summed E-state index contributed by atoms with van der Waals surface area (Å²) in [5, 5.41) is 0. The van der Waals surface area contributed by atoms with E-state index in [0.29, 0.717) is 12.4 Å². The van der Waals surface area contributed by atoms with Crippen LogP contribution in [-0.4, -0.2) is 11.1 Å². The molecule has 0 fully saturated rings. The molecular weight excluding hydrogens is 164 g/mol. The van der Waals surface area contributed by atoms with E-state index in [1.54, 1.807) is 0 Å². The van der Waals surface area contributed by atoms with Crippen LogP contribution >= 0.6 is 0 Å². The van der Waals surface area contributed by atoms with Crippen molar-refractivity contribution in [3.05, 3.63) is 23.9 Å². The second kappa shape index (κ2) is 4.82. The molecule has 1 unspecified atom stereocenters. The van der Waals surface area contributed by atoms with Crippen LogP contribution in [0.25, 0.3) is 0 Å². The van der Waals surface area contributed by atoms with Crippen molar-refractivity contribution in [2.24, 2.45) is 5.73 Å². The van der Waals surface area contributed by atoms with Gasteiger partial charge in [0.05, 0.1) is 11.8 Å². The van der Waals surface area contributed by atoms with E-state index >= 15 is 0 Å². The molecule has 1 atom stereocenters. The Morgan fingerprint density at radius 1 is 1.54 bits per heavy atom. The first kappa shape index (κ1) is 9.99. The summed E-state index contributed by atoms with van der Waals surface area (Å²) in [6, 6.07) is 5.65. The summed E-state index contributed by atoms with van der Waals surface area (Å²) in [6.45, 7) is 4.56. The Bertz CT molecular complexity index is 263. The van der Waals surface area contributed by atoms with E-state index in [-0.39, 0.29) is 6.10 Å². The highest BCUT2D eigenvalue weighted by Gasteiger charge is 2.01. The van der Waals surface area contributed by atoms with Crippen molar-refractivity contribution in [1.82, 2.24) is 4.98 Å². The molecule has 0 aliphatic carbocycles. The van der Waals surface area contributed by atoms with Crippen molar-refractivity contribution in [2.45, 2.75) is 32.9 Å². The van der Waals surface area contributed by atoms with Crippen LogP contribution in [0.4, 0.5) is 0 Å². The first-order valence-electron chi connectivity index (χ1n) is 4.59. The number of hydrogen-bond donors (Lipinski definition) is 1. The third kappa shape index (κ3) is 3.03. The number of nitrogens with two attached hydrogens (primary N) is 1. The number of nitrogens with zero attached hydrogens (tertiary/aromatic N) is 1. The van der Waals surface area contributed by atoms with Crippen molar-refractivity contribution >= 4 is 0 Å². The minimum atomic E-state index is 0.209. The van der Waals surface area contributed by atoms with Gasteiger partial charge >= 0.3 is 0 Å². The molecule has 1 rings (SSSR count). The zero-order valence-electron chi connectivity index (χ0n) is 8.16. The molecule has 0 aliphatic heterocycles. The van der Waals surface area contributed by atoms with Gasteiger partial charge in [-0.3, -0.25) is 0 Å². The monoisotopic (exact) mass is 180 g/mol. The predicted molar refractivity (Wildman–Crippen MR) is 52.5 cm³/mol. The Kier molecular flexibility index (Phi) is 3.71. The van der Waals surface area contributed by atoms with E-state index in [1.165, 1.54) is 0 Å². The van der Waals surface area contributed by atoms with Crippen LogP contribution < -0.4 is 10.5 Å². The first-order valence-corrected chi connectivity index (χ1v) is 4.59. The molecule has 0 saturated heterocycles. The van der Waals surface area contributed by atoms with Crippen LogP contribution in [0.5, 0.6) is 5.88 Å². The van der Waals surface area contributed by atoms with E-state index in [9.17, 15) is 0 Å². The van der Waals surface area contributed by atoms with E-state index in [4.69, 9.17) is 10.5 Å². The topological polar surface area (TPSA) is 48.1 Å². The molecule has 3 heteroatoms. The number of aromatic nitrogens is 1. The Morgan fingerprint density at radius 2 is 2.31 bits per heavy atom. The molecule has 1 heterocycles. The molecule has 72 valence electrons. The normalized spacial score (nSPS) is 12.5. The average molecular weight is 180 g/mol. The summed E-state index contributed by atoms with van der Waals surface area (Å²) in [5.41, 5.74) is 6.33. The molecule has 13 heavy (non-hydrogen) atoms. The van der Waals surface area contributed by atoms with Crippen LogP contribution in [0.3, 0.4) is 0 Å². The van der Waals surface area contributed by atoms with E-state index in [1.807, 2.05) is 25.1 Å². The Balaban J connectivity index is 2.66. The lowest BCUT2D eigenvalue weighted by molar-refractivity contribution is 0.208. The smallest absolute Gasteiger partial charge is 0.213 e. The predicted octanol–water partition coefficient (Wildman–Crippen LogP) is 1.72. The molecule has 1 aromatic heterocycles. The minimum absolute atomic E-state index is 0.209. The quantitative estimate of drug-likeness (QED) is 0.767. The van der Waals surface area contributed by atoms with Crippen molar-refractivity contribution in [3.63, 3.8) is 0 Å². The molecule has 1 aromatic rings. The number of pyridine rings is 1. The van der Waals surface area contributed by atoms with Gasteiger partial charge in [0, 0.05) is 12.6 Å². The van der Waals surface area contributed by atoms with Crippen molar-refractivity contribution in [2.75, 3.05) is 0 Å². The molecule has 0 saturated carbocycles. The van der Waals surface area contributed by atoms with Gasteiger partial charge in [-0.1, -0.05) is 13.0 Å². The lowest BCUT2D eigenvalue weighted by atomic mass is 10.3. The maximum atomic E-state index is 5.54. The second-order valence-electron chi connectivity index (χ2n) is 3.01. The van der Waals surface area contributed by atoms with Gasteiger partial charge in [-0.05, 0) is 19.4 Å². The van der Waals surface area contributed by atoms with Gasteiger partial charge in [0.2, 0.25) is 5.88 Å². The molecular formula is C10H16N2O. The van der Waals surface area contributed by atoms with Crippen LogP contribution in [-0.2, 0) is 6.54 Å². The Morgan fingerprint density at radius 3 is 2.92 bits per heavy atom. The number of ether oxygens (including phenoxy) is 1. The highest BCUT2D eigenvalue weighted by atomic mass is 16.5. The largest absolute Gasteiger partial charge is 0.475 e. The maximum absolute atomic E-state index is 5.54. The van der Waals surface area contributed by atoms with Crippen LogP contribution in [0.15, 0.2) is 18.2 Å². The fraction of sp³-hybridized carbons (Fsp3) is 0.500. The average Bonchev–Trinajstić information content (AvgIpc) is 2.18. The van der Waals surface area contributed by atoms with Gasteiger partial charge < -0.3 is 10.5 Å². The molecule has 2 N–H and O–H groups in total. The van der Waals surface area contributed by atoms with Crippen LogP contribution in [0, 0.1) is 0 Å². The molecule has 0 amide bonds. The third-order valence-electron chi connectivity index (χ3n) is 1.89. The lowest BCUT2D eigenvalue weighted by Crippen LogP contribution is -2.11. The lowest BCUT2D eigenvalue weighted by Gasteiger charge is -2.11. The van der Waals surface area contributed by atoms with Gasteiger partial charge in [-0.2, -0.15) is 0 Å². The number of rotatable bonds is 4. The van der Waals surface area contributed by atoms with Crippen LogP contribution in [0.1, 0.15) is 26.0 Å². The first-order chi connectivity index (χ1) is 6.26. The molecule has 0 spiro atoms. The summed E-state index contributed by atoms with van der Waals surface area (Å²) < 4.78 is 5.54. The Labute approximate surface area is 78.9 Å². The molecule has 0 radical (unpaired) electrons. The molecule has 0 bridgehead atoms. The van der Waals surface area contributed by atoms with E-state index in [2.05, 4.69) is 11.9 Å². The van der Waals surface area contributed by atoms with E-state index < -0.39 is 0 Å². The number of hydrogen-bond acceptors (Lipinski definition) is 3. The summed E-state index contributed by atoms with van der Waals surface area (Å²) in [6.07, 6.45) is 1.19. The van der Waals surface area contributed by atoms with Crippen molar-refractivity contribution < 1.29 is 4.74 Å². The van der Waals surface area contributed by atoms with Crippen molar-refractivity contribution in [1.29, 1.82) is 0 Å². The SMILES string of the molecule is CCC(C)Oc1cccc(CN)n1. The molecule has 3 nitrogen and oxygen atoms in total. The maximum Gasteiger partial charge on any atom is 0.213 e. The van der Waals surface area contributed by atoms with Gasteiger partial charge in [0.15, 0.2) is 0 Å². The van der Waals surface area contributed by atoms with E-state index in [0.717, 1.165) is 12.1 Å². The minimum Gasteiger partial charge on any atom is -0.475 e. The molecule has 0 aliphatic rings. The summed E-state index contributed by atoms with van der Waals surface area (Å²) in [4.78, 5) is 4.23. The standard InChI is InChI=1S/C10H16N2O/c1-3-8(2)13-10-6-4-5-9(7-11)12-10/h4-6,8H,3,7,11H2,1-2H3. The summed E-state index contributed by atoms with van der Waals surface area (Å²) >= 11 is 0. The molecule has 0 aromatic carbocycles. The zero-order valence-corrected chi connectivity index (χ0v) is 8.16. The second-order valence-corrected chi connectivity index (χ2v) is 3.01. The van der Waals surface area contributed by atoms with Gasteiger partial charge in [-0.15, -0.1) is 0 Å². The summed E-state index contributed by atoms with van der Waals surface area (Å²) in [5.74, 6) is 0.664. The van der Waals surface area contributed by atoms with Gasteiger partial charge in [0.1, 0.15) is 0 Å². The fourth-order valence-electron chi connectivity index (χ4n) is 0.926. The zero-order chi connectivity index (χ0) is 9.68.